The molecule has 0 atom stereocenters. The molecule has 7 nitrogen and oxygen atoms in total. The Bertz CT molecular complexity index is 821. The van der Waals surface area contributed by atoms with Gasteiger partial charge in [-0.25, -0.2) is 5.43 Å². The Labute approximate surface area is 142 Å². The SMILES string of the molecule is COc1c(Cl)cc(C)cc1C=NNC(=O)c1cc(O)c(O)cc1O. The van der Waals surface area contributed by atoms with Gasteiger partial charge < -0.3 is 20.1 Å². The summed E-state index contributed by atoms with van der Waals surface area (Å²) in [6, 6.07) is 5.29. The minimum atomic E-state index is -0.767. The van der Waals surface area contributed by atoms with Crippen molar-refractivity contribution >= 4 is 23.7 Å². The van der Waals surface area contributed by atoms with Crippen LogP contribution in [0.5, 0.6) is 23.0 Å². The molecule has 0 aliphatic carbocycles. The number of phenols is 3. The van der Waals surface area contributed by atoms with Crippen LogP contribution in [-0.4, -0.2) is 34.6 Å². The third-order valence-electron chi connectivity index (χ3n) is 3.13. The van der Waals surface area contributed by atoms with E-state index in [1.165, 1.54) is 13.3 Å². The fourth-order valence-corrected chi connectivity index (χ4v) is 2.39. The molecule has 2 aromatic rings. The van der Waals surface area contributed by atoms with E-state index in [1.54, 1.807) is 12.1 Å². The molecule has 0 saturated heterocycles. The van der Waals surface area contributed by atoms with E-state index in [1.807, 2.05) is 6.92 Å². The summed E-state index contributed by atoms with van der Waals surface area (Å²) < 4.78 is 5.18. The first-order valence-electron chi connectivity index (χ1n) is 6.76. The number of aromatic hydroxyl groups is 3. The normalized spacial score (nSPS) is 10.8. The van der Waals surface area contributed by atoms with Crippen LogP contribution in [0.4, 0.5) is 0 Å². The van der Waals surface area contributed by atoms with E-state index in [9.17, 15) is 20.1 Å². The lowest BCUT2D eigenvalue weighted by Crippen LogP contribution is -2.17. The summed E-state index contributed by atoms with van der Waals surface area (Å²) in [5.74, 6) is -1.92. The molecule has 0 aromatic heterocycles. The molecule has 4 N–H and O–H groups in total. The number of hydrazone groups is 1. The van der Waals surface area contributed by atoms with Crippen molar-refractivity contribution in [3.8, 4) is 23.0 Å². The molecular weight excluding hydrogens is 336 g/mol. The van der Waals surface area contributed by atoms with Gasteiger partial charge in [-0.2, -0.15) is 5.10 Å². The number of benzene rings is 2. The third-order valence-corrected chi connectivity index (χ3v) is 3.41. The summed E-state index contributed by atoms with van der Waals surface area (Å²) >= 11 is 6.07. The summed E-state index contributed by atoms with van der Waals surface area (Å²) in [6.45, 7) is 1.85. The number of rotatable bonds is 4. The minimum Gasteiger partial charge on any atom is -0.507 e. The molecule has 126 valence electrons. The van der Waals surface area contributed by atoms with Gasteiger partial charge in [-0.05, 0) is 24.6 Å². The third kappa shape index (κ3) is 3.69. The zero-order chi connectivity index (χ0) is 17.9. The Kier molecular flexibility index (Phi) is 5.15. The first kappa shape index (κ1) is 17.4. The number of carbonyl (C=O) groups excluding carboxylic acids is 1. The van der Waals surface area contributed by atoms with Crippen molar-refractivity contribution in [2.75, 3.05) is 7.11 Å². The summed E-state index contributed by atoms with van der Waals surface area (Å²) in [7, 11) is 1.46. The molecule has 0 unspecified atom stereocenters. The van der Waals surface area contributed by atoms with E-state index < -0.39 is 23.2 Å². The van der Waals surface area contributed by atoms with E-state index >= 15 is 0 Å². The number of phenolic OH excluding ortho intramolecular Hbond substituents is 3. The molecule has 8 heteroatoms. The van der Waals surface area contributed by atoms with Crippen molar-refractivity contribution in [1.29, 1.82) is 0 Å². The Morgan fingerprint density at radius 1 is 1.17 bits per heavy atom. The number of hydrogen-bond acceptors (Lipinski definition) is 6. The fraction of sp³-hybridized carbons (Fsp3) is 0.125. The average Bonchev–Trinajstić information content (AvgIpc) is 2.50. The lowest BCUT2D eigenvalue weighted by molar-refractivity contribution is 0.0952. The van der Waals surface area contributed by atoms with Crippen molar-refractivity contribution in [3.05, 3.63) is 46.0 Å². The molecule has 0 radical (unpaired) electrons. The van der Waals surface area contributed by atoms with E-state index in [-0.39, 0.29) is 5.56 Å². The van der Waals surface area contributed by atoms with Crippen molar-refractivity contribution in [2.45, 2.75) is 6.92 Å². The van der Waals surface area contributed by atoms with Crippen LogP contribution in [-0.2, 0) is 0 Å². The van der Waals surface area contributed by atoms with Crippen LogP contribution in [0.2, 0.25) is 5.02 Å². The number of hydrogen-bond donors (Lipinski definition) is 4. The Morgan fingerprint density at radius 3 is 2.50 bits per heavy atom. The number of methoxy groups -OCH3 is 1. The molecule has 1 amide bonds. The monoisotopic (exact) mass is 350 g/mol. The van der Waals surface area contributed by atoms with Gasteiger partial charge in [0.2, 0.25) is 0 Å². The largest absolute Gasteiger partial charge is 0.507 e. The summed E-state index contributed by atoms with van der Waals surface area (Å²) in [5, 5.41) is 32.5. The number of aryl methyl sites for hydroxylation is 1. The van der Waals surface area contributed by atoms with Gasteiger partial charge in [0.15, 0.2) is 11.5 Å². The zero-order valence-corrected chi connectivity index (χ0v) is 13.6. The van der Waals surface area contributed by atoms with Gasteiger partial charge in [-0.3, -0.25) is 4.79 Å². The van der Waals surface area contributed by atoms with Crippen LogP contribution in [0.1, 0.15) is 21.5 Å². The maximum atomic E-state index is 12.0. The first-order chi connectivity index (χ1) is 11.3. The van der Waals surface area contributed by atoms with Gasteiger partial charge in [-0.15, -0.1) is 0 Å². The van der Waals surface area contributed by atoms with Gasteiger partial charge in [0, 0.05) is 17.7 Å². The molecule has 0 fully saturated rings. The predicted molar refractivity (Wildman–Crippen MR) is 89.2 cm³/mol. The molecule has 2 rings (SSSR count). The Morgan fingerprint density at radius 2 is 1.83 bits per heavy atom. The van der Waals surface area contributed by atoms with Gasteiger partial charge >= 0.3 is 0 Å². The molecular formula is C16H15ClN2O5. The molecule has 24 heavy (non-hydrogen) atoms. The van der Waals surface area contributed by atoms with E-state index in [0.29, 0.717) is 16.3 Å². The van der Waals surface area contributed by atoms with Crippen LogP contribution in [0, 0.1) is 6.92 Å². The first-order valence-corrected chi connectivity index (χ1v) is 7.13. The Balaban J connectivity index is 2.21. The van der Waals surface area contributed by atoms with Gasteiger partial charge in [0.05, 0.1) is 23.9 Å². The smallest absolute Gasteiger partial charge is 0.275 e. The van der Waals surface area contributed by atoms with Gasteiger partial charge in [-0.1, -0.05) is 11.6 Å². The minimum absolute atomic E-state index is 0.239. The lowest BCUT2D eigenvalue weighted by Gasteiger charge is -2.08. The quantitative estimate of drug-likeness (QED) is 0.293. The van der Waals surface area contributed by atoms with Crippen LogP contribution in [0.3, 0.4) is 0 Å². The van der Waals surface area contributed by atoms with Crippen LogP contribution in [0.25, 0.3) is 0 Å². The van der Waals surface area contributed by atoms with Crippen molar-refractivity contribution in [2.24, 2.45) is 5.10 Å². The number of carbonyl (C=O) groups is 1. The van der Waals surface area contributed by atoms with Gasteiger partial charge in [0.1, 0.15) is 11.5 Å². The molecule has 0 aliphatic rings. The molecule has 0 saturated carbocycles. The fourth-order valence-electron chi connectivity index (χ4n) is 2.04. The van der Waals surface area contributed by atoms with E-state index in [0.717, 1.165) is 17.7 Å². The highest BCUT2D eigenvalue weighted by Crippen LogP contribution is 2.32. The highest BCUT2D eigenvalue weighted by Gasteiger charge is 2.14. The average molecular weight is 351 g/mol. The predicted octanol–water partition coefficient (Wildman–Crippen LogP) is 2.54. The summed E-state index contributed by atoms with van der Waals surface area (Å²) in [5.41, 5.74) is 3.41. The second kappa shape index (κ2) is 7.10. The second-order valence-electron chi connectivity index (χ2n) is 4.93. The molecule has 0 spiro atoms. The molecule has 0 heterocycles. The van der Waals surface area contributed by atoms with Crippen molar-refractivity contribution in [3.63, 3.8) is 0 Å². The number of nitrogens with zero attached hydrogens (tertiary/aromatic N) is 1. The summed E-state index contributed by atoms with van der Waals surface area (Å²) in [6.07, 6.45) is 1.34. The number of halogens is 1. The standard InChI is InChI=1S/C16H15ClN2O5/c1-8-3-9(15(24-2)11(17)4-8)7-18-19-16(23)10-5-13(21)14(22)6-12(10)20/h3-7,20-22H,1-2H3,(H,19,23). The number of ether oxygens (including phenoxy) is 1. The molecule has 0 bridgehead atoms. The van der Waals surface area contributed by atoms with Crippen LogP contribution < -0.4 is 10.2 Å². The van der Waals surface area contributed by atoms with Crippen LogP contribution in [0.15, 0.2) is 29.4 Å². The van der Waals surface area contributed by atoms with E-state index in [2.05, 4.69) is 10.5 Å². The highest BCUT2D eigenvalue weighted by molar-refractivity contribution is 6.32. The maximum Gasteiger partial charge on any atom is 0.275 e. The molecule has 0 aliphatic heterocycles. The lowest BCUT2D eigenvalue weighted by atomic mass is 10.1. The number of nitrogens with one attached hydrogen (secondary N) is 1. The number of amides is 1. The van der Waals surface area contributed by atoms with Gasteiger partial charge in [0.25, 0.3) is 5.91 Å². The van der Waals surface area contributed by atoms with Crippen molar-refractivity contribution in [1.82, 2.24) is 5.43 Å². The Hall–Kier alpha value is -2.93. The van der Waals surface area contributed by atoms with E-state index in [4.69, 9.17) is 16.3 Å². The summed E-state index contributed by atoms with van der Waals surface area (Å²) in [4.78, 5) is 12.0. The second-order valence-corrected chi connectivity index (χ2v) is 5.33. The van der Waals surface area contributed by atoms with Crippen molar-refractivity contribution < 1.29 is 24.9 Å². The molecule has 2 aromatic carbocycles. The zero-order valence-electron chi connectivity index (χ0n) is 12.9. The topological polar surface area (TPSA) is 111 Å². The maximum absolute atomic E-state index is 12.0. The van der Waals surface area contributed by atoms with Crippen LogP contribution >= 0.6 is 11.6 Å². The highest BCUT2D eigenvalue weighted by atomic mass is 35.5.